The predicted molar refractivity (Wildman–Crippen MR) is 123 cm³/mol. The Morgan fingerprint density at radius 2 is 1.59 bits per heavy atom. The number of hydrogen-bond acceptors (Lipinski definition) is 5. The molecule has 0 unspecified atom stereocenters. The molecule has 1 fully saturated rings. The van der Waals surface area contributed by atoms with Gasteiger partial charge in [0.05, 0.1) is 25.9 Å². The molecule has 7 nitrogen and oxygen atoms in total. The molecule has 3 aromatic rings. The van der Waals surface area contributed by atoms with Crippen LogP contribution in [0.25, 0.3) is 11.1 Å². The van der Waals surface area contributed by atoms with E-state index in [4.69, 9.17) is 14.6 Å². The van der Waals surface area contributed by atoms with Gasteiger partial charge in [-0.2, -0.15) is 0 Å². The molecule has 1 aliphatic rings. The second-order valence-corrected chi connectivity index (χ2v) is 7.40. The van der Waals surface area contributed by atoms with Gasteiger partial charge in [-0.1, -0.05) is 12.1 Å². The quantitative estimate of drug-likeness (QED) is 0.609. The molecular formula is C25H24N2O5. The van der Waals surface area contributed by atoms with Crippen LogP contribution in [-0.2, 0) is 4.74 Å². The number of nitrogens with one attached hydrogen (secondary N) is 1. The maximum atomic E-state index is 12.9. The number of ether oxygens (including phenoxy) is 2. The highest BCUT2D eigenvalue weighted by atomic mass is 16.5. The maximum absolute atomic E-state index is 12.9. The van der Waals surface area contributed by atoms with Crippen molar-refractivity contribution in [3.05, 3.63) is 77.9 Å². The third kappa shape index (κ3) is 4.73. The first-order valence-corrected chi connectivity index (χ1v) is 10.3. The van der Waals surface area contributed by atoms with Crippen LogP contribution >= 0.6 is 0 Å². The summed E-state index contributed by atoms with van der Waals surface area (Å²) in [4.78, 5) is 26.2. The number of carbonyl (C=O) groups excluding carboxylic acids is 1. The number of carboxylic acid groups (broad SMARTS) is 1. The molecule has 3 aromatic carbocycles. The number of methoxy groups -OCH3 is 1. The van der Waals surface area contributed by atoms with Crippen LogP contribution in [-0.4, -0.2) is 50.4 Å². The standard InChI is InChI=1S/C25H24N2O5/c1-31-23-11-6-19(16-22(23)17-2-4-18(5-3-17)25(29)30)24(28)26-20-7-9-21(10-8-20)27-12-14-32-15-13-27/h2-11,16H,12-15H2,1H3,(H,26,28)(H,29,30). The predicted octanol–water partition coefficient (Wildman–Crippen LogP) is 4.15. The minimum Gasteiger partial charge on any atom is -0.496 e. The first-order valence-electron chi connectivity index (χ1n) is 10.3. The van der Waals surface area contributed by atoms with Crippen LogP contribution in [0.15, 0.2) is 66.7 Å². The summed E-state index contributed by atoms with van der Waals surface area (Å²) in [6.45, 7) is 3.15. The average Bonchev–Trinajstić information content (AvgIpc) is 2.84. The SMILES string of the molecule is COc1ccc(C(=O)Nc2ccc(N3CCOCC3)cc2)cc1-c1ccc(C(=O)O)cc1. The van der Waals surface area contributed by atoms with Crippen LogP contribution < -0.4 is 15.0 Å². The van der Waals surface area contributed by atoms with Crippen molar-refractivity contribution in [2.75, 3.05) is 43.6 Å². The van der Waals surface area contributed by atoms with E-state index in [2.05, 4.69) is 10.2 Å². The van der Waals surface area contributed by atoms with Crippen molar-refractivity contribution in [2.24, 2.45) is 0 Å². The van der Waals surface area contributed by atoms with Gasteiger partial charge < -0.3 is 24.8 Å². The van der Waals surface area contributed by atoms with Gasteiger partial charge in [-0.25, -0.2) is 4.79 Å². The molecule has 0 aliphatic carbocycles. The Balaban J connectivity index is 1.52. The van der Waals surface area contributed by atoms with E-state index in [0.717, 1.165) is 37.6 Å². The van der Waals surface area contributed by atoms with Gasteiger partial charge in [0.1, 0.15) is 5.75 Å². The van der Waals surface area contributed by atoms with E-state index in [9.17, 15) is 9.59 Å². The van der Waals surface area contributed by atoms with Crippen LogP contribution in [0.3, 0.4) is 0 Å². The summed E-state index contributed by atoms with van der Waals surface area (Å²) in [5, 5.41) is 12.0. The summed E-state index contributed by atoms with van der Waals surface area (Å²) >= 11 is 0. The number of carbonyl (C=O) groups is 2. The van der Waals surface area contributed by atoms with E-state index in [1.807, 2.05) is 24.3 Å². The molecule has 7 heteroatoms. The lowest BCUT2D eigenvalue weighted by atomic mass is 10.00. The maximum Gasteiger partial charge on any atom is 0.335 e. The smallest absolute Gasteiger partial charge is 0.335 e. The Labute approximate surface area is 186 Å². The third-order valence-electron chi connectivity index (χ3n) is 5.41. The lowest BCUT2D eigenvalue weighted by Crippen LogP contribution is -2.36. The molecule has 4 rings (SSSR count). The topological polar surface area (TPSA) is 88.1 Å². The number of benzene rings is 3. The van der Waals surface area contributed by atoms with Crippen molar-refractivity contribution in [1.82, 2.24) is 0 Å². The molecule has 0 bridgehead atoms. The van der Waals surface area contributed by atoms with Crippen molar-refractivity contribution in [3.8, 4) is 16.9 Å². The van der Waals surface area contributed by atoms with Gasteiger partial charge in [0.25, 0.3) is 5.91 Å². The lowest BCUT2D eigenvalue weighted by molar-refractivity contribution is 0.0696. The fourth-order valence-electron chi connectivity index (χ4n) is 3.65. The fourth-order valence-corrected chi connectivity index (χ4v) is 3.65. The molecule has 0 spiro atoms. The minimum atomic E-state index is -0.990. The van der Waals surface area contributed by atoms with E-state index in [-0.39, 0.29) is 11.5 Å². The monoisotopic (exact) mass is 432 g/mol. The van der Waals surface area contributed by atoms with Crippen molar-refractivity contribution in [1.29, 1.82) is 0 Å². The summed E-state index contributed by atoms with van der Waals surface area (Å²) in [5.74, 6) is -0.633. The van der Waals surface area contributed by atoms with Crippen molar-refractivity contribution >= 4 is 23.3 Å². The van der Waals surface area contributed by atoms with Crippen LogP contribution in [0.2, 0.25) is 0 Å². The second-order valence-electron chi connectivity index (χ2n) is 7.40. The molecule has 164 valence electrons. The highest BCUT2D eigenvalue weighted by molar-refractivity contribution is 6.05. The first kappa shape index (κ1) is 21.4. The molecule has 32 heavy (non-hydrogen) atoms. The number of nitrogens with zero attached hydrogens (tertiary/aromatic N) is 1. The highest BCUT2D eigenvalue weighted by Gasteiger charge is 2.14. The van der Waals surface area contributed by atoms with E-state index in [1.165, 1.54) is 12.1 Å². The number of anilines is 2. The summed E-state index contributed by atoms with van der Waals surface area (Å²) < 4.78 is 10.8. The molecule has 1 amide bonds. The third-order valence-corrected chi connectivity index (χ3v) is 5.41. The molecule has 1 aliphatic heterocycles. The summed E-state index contributed by atoms with van der Waals surface area (Å²) in [7, 11) is 1.56. The number of amides is 1. The van der Waals surface area contributed by atoms with Crippen molar-refractivity contribution < 1.29 is 24.2 Å². The van der Waals surface area contributed by atoms with Gasteiger partial charge in [-0.3, -0.25) is 4.79 Å². The van der Waals surface area contributed by atoms with Crippen LogP contribution in [0.1, 0.15) is 20.7 Å². The zero-order valence-electron chi connectivity index (χ0n) is 17.7. The Morgan fingerprint density at radius 3 is 2.22 bits per heavy atom. The van der Waals surface area contributed by atoms with Gasteiger partial charge in [-0.15, -0.1) is 0 Å². The zero-order valence-corrected chi connectivity index (χ0v) is 17.7. The number of rotatable bonds is 6. The zero-order chi connectivity index (χ0) is 22.5. The Morgan fingerprint density at radius 1 is 0.938 bits per heavy atom. The van der Waals surface area contributed by atoms with E-state index in [1.54, 1.807) is 37.4 Å². The van der Waals surface area contributed by atoms with Crippen molar-refractivity contribution in [2.45, 2.75) is 0 Å². The first-order chi connectivity index (χ1) is 15.5. The Hall–Kier alpha value is -3.84. The number of morpholine rings is 1. The second kappa shape index (κ2) is 9.53. The van der Waals surface area contributed by atoms with Gasteiger partial charge in [0, 0.05) is 35.6 Å². The molecule has 0 aromatic heterocycles. The van der Waals surface area contributed by atoms with Crippen LogP contribution in [0.4, 0.5) is 11.4 Å². The van der Waals surface area contributed by atoms with Crippen molar-refractivity contribution in [3.63, 3.8) is 0 Å². The normalized spacial score (nSPS) is 13.5. The molecular weight excluding hydrogens is 408 g/mol. The molecule has 0 radical (unpaired) electrons. The number of carboxylic acids is 1. The lowest BCUT2D eigenvalue weighted by Gasteiger charge is -2.28. The average molecular weight is 432 g/mol. The summed E-state index contributed by atoms with van der Waals surface area (Å²) in [6, 6.07) is 19.4. The summed E-state index contributed by atoms with van der Waals surface area (Å²) in [5.41, 5.74) is 3.94. The van der Waals surface area contributed by atoms with Gasteiger partial charge in [-0.05, 0) is 60.2 Å². The minimum absolute atomic E-state index is 0.196. The Bertz CT molecular complexity index is 1100. The van der Waals surface area contributed by atoms with Gasteiger partial charge in [0.2, 0.25) is 0 Å². The van der Waals surface area contributed by atoms with Crippen LogP contribution in [0, 0.1) is 0 Å². The molecule has 1 heterocycles. The molecule has 2 N–H and O–H groups in total. The molecule has 0 saturated carbocycles. The van der Waals surface area contributed by atoms with Crippen LogP contribution in [0.5, 0.6) is 5.75 Å². The number of aromatic carboxylic acids is 1. The summed E-state index contributed by atoms with van der Waals surface area (Å²) in [6.07, 6.45) is 0. The number of hydrogen-bond donors (Lipinski definition) is 2. The van der Waals surface area contributed by atoms with E-state index < -0.39 is 5.97 Å². The van der Waals surface area contributed by atoms with Gasteiger partial charge >= 0.3 is 5.97 Å². The van der Waals surface area contributed by atoms with E-state index in [0.29, 0.717) is 22.6 Å². The largest absolute Gasteiger partial charge is 0.496 e. The Kier molecular flexibility index (Phi) is 6.37. The highest BCUT2D eigenvalue weighted by Crippen LogP contribution is 2.31. The van der Waals surface area contributed by atoms with E-state index >= 15 is 0 Å². The van der Waals surface area contributed by atoms with Gasteiger partial charge in [0.15, 0.2) is 0 Å². The molecule has 1 saturated heterocycles. The fraction of sp³-hybridized carbons (Fsp3) is 0.200. The molecule has 0 atom stereocenters.